The number of nitrogens with zero attached hydrogens (tertiary/aromatic N) is 1. The highest BCUT2D eigenvalue weighted by Gasteiger charge is 2.37. The van der Waals surface area contributed by atoms with Crippen molar-refractivity contribution in [1.82, 2.24) is 0 Å². The SMILES string of the molecule is CC(C)(C)OC(=O)Nc1ccc2c(c1)N(S(=O)(=O)c1cccc(C(F)(F)F)c1)CC(CC=O)O2. The standard InChI is InChI=1S/C22H23F3N2O6S/c1-21(2,3)33-20(29)26-15-7-8-19-18(12-15)27(13-16(32-19)9-10-28)34(30,31)17-6-4-5-14(11-17)22(23,24)25/h4-8,10-12,16H,9,13H2,1-3H3,(H,26,29). The zero-order valence-electron chi connectivity index (χ0n) is 18.5. The third kappa shape index (κ3) is 5.79. The van der Waals surface area contributed by atoms with E-state index in [1.807, 2.05) is 0 Å². The molecule has 0 spiro atoms. The van der Waals surface area contributed by atoms with Gasteiger partial charge in [-0.2, -0.15) is 13.2 Å². The smallest absolute Gasteiger partial charge is 0.416 e. The molecule has 12 heteroatoms. The first-order valence-electron chi connectivity index (χ1n) is 10.1. The summed E-state index contributed by atoms with van der Waals surface area (Å²) in [7, 11) is -4.49. The van der Waals surface area contributed by atoms with E-state index in [-0.39, 0.29) is 30.1 Å². The lowest BCUT2D eigenvalue weighted by molar-refractivity contribution is -0.137. The van der Waals surface area contributed by atoms with E-state index < -0.39 is 44.5 Å². The summed E-state index contributed by atoms with van der Waals surface area (Å²) in [6.07, 6.45) is -5.95. The number of carbonyl (C=O) groups excluding carboxylic acids is 2. The molecule has 1 heterocycles. The number of rotatable bonds is 5. The van der Waals surface area contributed by atoms with Gasteiger partial charge in [0.25, 0.3) is 10.0 Å². The molecule has 0 fully saturated rings. The van der Waals surface area contributed by atoms with E-state index >= 15 is 0 Å². The maximum Gasteiger partial charge on any atom is 0.416 e. The van der Waals surface area contributed by atoms with E-state index in [2.05, 4.69) is 5.32 Å². The number of ether oxygens (including phenoxy) is 2. The summed E-state index contributed by atoms with van der Waals surface area (Å²) in [6, 6.07) is 7.51. The lowest BCUT2D eigenvalue weighted by atomic mass is 10.2. The van der Waals surface area contributed by atoms with Gasteiger partial charge in [0.15, 0.2) is 0 Å². The molecule has 1 aliphatic rings. The Morgan fingerprint density at radius 1 is 1.21 bits per heavy atom. The Hall–Kier alpha value is -3.28. The molecule has 184 valence electrons. The van der Waals surface area contributed by atoms with Crippen molar-refractivity contribution in [3.05, 3.63) is 48.0 Å². The first kappa shape index (κ1) is 25.3. The number of benzene rings is 2. The average molecular weight is 500 g/mol. The average Bonchev–Trinajstić information content (AvgIpc) is 2.71. The third-order valence-corrected chi connectivity index (χ3v) is 6.42. The fourth-order valence-electron chi connectivity index (χ4n) is 3.23. The highest BCUT2D eigenvalue weighted by Crippen LogP contribution is 2.40. The summed E-state index contributed by atoms with van der Waals surface area (Å²) in [5.74, 6) is 0.0865. The van der Waals surface area contributed by atoms with Gasteiger partial charge in [-0.25, -0.2) is 13.2 Å². The third-order valence-electron chi connectivity index (χ3n) is 4.64. The van der Waals surface area contributed by atoms with Crippen LogP contribution in [0.1, 0.15) is 32.8 Å². The normalized spacial score (nSPS) is 16.3. The number of carbonyl (C=O) groups is 2. The minimum absolute atomic E-state index is 0.00637. The molecule has 1 aliphatic heterocycles. The van der Waals surface area contributed by atoms with Gasteiger partial charge in [-0.05, 0) is 57.2 Å². The van der Waals surface area contributed by atoms with Crippen molar-refractivity contribution in [3.63, 3.8) is 0 Å². The Morgan fingerprint density at radius 2 is 1.91 bits per heavy atom. The van der Waals surface area contributed by atoms with Crippen LogP contribution in [-0.4, -0.2) is 39.0 Å². The van der Waals surface area contributed by atoms with Crippen molar-refractivity contribution in [2.75, 3.05) is 16.2 Å². The lowest BCUT2D eigenvalue weighted by Gasteiger charge is -2.35. The van der Waals surface area contributed by atoms with E-state index in [0.29, 0.717) is 12.4 Å². The second kappa shape index (κ2) is 9.16. The molecule has 1 N–H and O–H groups in total. The summed E-state index contributed by atoms with van der Waals surface area (Å²) in [5, 5.41) is 2.48. The van der Waals surface area contributed by atoms with Crippen LogP contribution in [0.4, 0.5) is 29.3 Å². The molecule has 0 radical (unpaired) electrons. The molecule has 0 saturated carbocycles. The fraction of sp³-hybridized carbons (Fsp3) is 0.364. The quantitative estimate of drug-likeness (QED) is 0.603. The van der Waals surface area contributed by atoms with E-state index in [0.717, 1.165) is 22.5 Å². The van der Waals surface area contributed by atoms with Gasteiger partial charge in [0.2, 0.25) is 0 Å². The summed E-state index contributed by atoms with van der Waals surface area (Å²) < 4.78 is 78.1. The predicted octanol–water partition coefficient (Wildman–Crippen LogP) is 4.60. The number of sulfonamides is 1. The highest BCUT2D eigenvalue weighted by atomic mass is 32.2. The number of nitrogens with one attached hydrogen (secondary N) is 1. The lowest BCUT2D eigenvalue weighted by Crippen LogP contribution is -2.43. The molecule has 2 aromatic carbocycles. The molecule has 0 aliphatic carbocycles. The van der Waals surface area contributed by atoms with Gasteiger partial charge in [-0.15, -0.1) is 0 Å². The van der Waals surface area contributed by atoms with Crippen LogP contribution in [0.15, 0.2) is 47.4 Å². The predicted molar refractivity (Wildman–Crippen MR) is 117 cm³/mol. The number of hydrogen-bond donors (Lipinski definition) is 1. The van der Waals surface area contributed by atoms with Crippen molar-refractivity contribution < 1.29 is 40.7 Å². The van der Waals surface area contributed by atoms with Crippen LogP contribution < -0.4 is 14.4 Å². The number of aldehydes is 1. The van der Waals surface area contributed by atoms with Gasteiger partial charge in [-0.3, -0.25) is 9.62 Å². The summed E-state index contributed by atoms with van der Waals surface area (Å²) in [4.78, 5) is 22.6. The Balaban J connectivity index is 2.03. The monoisotopic (exact) mass is 500 g/mol. The Bertz CT molecular complexity index is 1190. The molecule has 0 saturated heterocycles. The van der Waals surface area contributed by atoms with Crippen molar-refractivity contribution in [1.29, 1.82) is 0 Å². The Kier molecular flexibility index (Phi) is 6.83. The van der Waals surface area contributed by atoms with E-state index in [9.17, 15) is 31.2 Å². The van der Waals surface area contributed by atoms with Gasteiger partial charge < -0.3 is 14.3 Å². The maximum atomic E-state index is 13.4. The second-order valence-corrected chi connectivity index (χ2v) is 10.4. The van der Waals surface area contributed by atoms with E-state index in [1.54, 1.807) is 20.8 Å². The number of hydrogen-bond acceptors (Lipinski definition) is 6. The van der Waals surface area contributed by atoms with Crippen molar-refractivity contribution in [3.8, 4) is 5.75 Å². The largest absolute Gasteiger partial charge is 0.486 e. The van der Waals surface area contributed by atoms with Crippen molar-refractivity contribution in [2.45, 2.75) is 50.0 Å². The Morgan fingerprint density at radius 3 is 2.53 bits per heavy atom. The number of anilines is 2. The Labute approximate surface area is 194 Å². The topological polar surface area (TPSA) is 102 Å². The summed E-state index contributed by atoms with van der Waals surface area (Å²) in [5.41, 5.74) is -1.72. The second-order valence-electron chi connectivity index (χ2n) is 8.51. The molecule has 0 bridgehead atoms. The molecule has 1 atom stereocenters. The number of amides is 1. The van der Waals surface area contributed by atoms with Crippen LogP contribution in [0.25, 0.3) is 0 Å². The first-order valence-corrected chi connectivity index (χ1v) is 11.6. The maximum absolute atomic E-state index is 13.4. The molecular weight excluding hydrogens is 477 g/mol. The van der Waals surface area contributed by atoms with Crippen LogP contribution >= 0.6 is 0 Å². The molecule has 2 aromatic rings. The molecule has 3 rings (SSSR count). The fourth-order valence-corrected chi connectivity index (χ4v) is 4.77. The molecule has 0 aromatic heterocycles. The van der Waals surface area contributed by atoms with Crippen LogP contribution in [0.2, 0.25) is 0 Å². The zero-order valence-corrected chi connectivity index (χ0v) is 19.4. The number of halogens is 3. The van der Waals surface area contributed by atoms with Gasteiger partial charge in [-0.1, -0.05) is 6.07 Å². The molecular formula is C22H23F3N2O6S. The van der Waals surface area contributed by atoms with Crippen molar-refractivity contribution in [2.24, 2.45) is 0 Å². The van der Waals surface area contributed by atoms with Crippen molar-refractivity contribution >= 4 is 33.8 Å². The van der Waals surface area contributed by atoms with Gasteiger partial charge in [0.1, 0.15) is 23.7 Å². The molecule has 1 amide bonds. The van der Waals surface area contributed by atoms with Gasteiger partial charge in [0, 0.05) is 12.1 Å². The summed E-state index contributed by atoms with van der Waals surface area (Å²) in [6.45, 7) is 4.69. The molecule has 1 unspecified atom stereocenters. The minimum atomic E-state index is -4.74. The van der Waals surface area contributed by atoms with Crippen LogP contribution in [-0.2, 0) is 25.7 Å². The first-order chi connectivity index (χ1) is 15.7. The zero-order chi connectivity index (χ0) is 25.3. The van der Waals surface area contributed by atoms with Crippen LogP contribution in [0.3, 0.4) is 0 Å². The molecule has 34 heavy (non-hydrogen) atoms. The minimum Gasteiger partial charge on any atom is -0.486 e. The number of fused-ring (bicyclic) bond motifs is 1. The molecule has 8 nitrogen and oxygen atoms in total. The number of alkyl halides is 3. The van der Waals surface area contributed by atoms with Gasteiger partial charge >= 0.3 is 12.3 Å². The highest BCUT2D eigenvalue weighted by molar-refractivity contribution is 7.92. The van der Waals surface area contributed by atoms with Crippen LogP contribution in [0.5, 0.6) is 5.75 Å². The van der Waals surface area contributed by atoms with E-state index in [4.69, 9.17) is 9.47 Å². The van der Waals surface area contributed by atoms with Gasteiger partial charge in [0.05, 0.1) is 22.7 Å². The summed E-state index contributed by atoms with van der Waals surface area (Å²) >= 11 is 0. The van der Waals surface area contributed by atoms with Crippen LogP contribution in [0, 0.1) is 0 Å². The van der Waals surface area contributed by atoms with E-state index in [1.165, 1.54) is 18.2 Å².